The zero-order chi connectivity index (χ0) is 21.1. The summed E-state index contributed by atoms with van der Waals surface area (Å²) in [4.78, 5) is 5.01. The lowest BCUT2D eigenvalue weighted by atomic mass is 9.97. The fraction of sp³-hybridized carbons (Fsp3) is 0.318. The van der Waals surface area contributed by atoms with Crippen molar-refractivity contribution in [1.29, 1.82) is 0 Å². The molecular weight excluding hydrogens is 427 g/mol. The van der Waals surface area contributed by atoms with E-state index in [1.165, 1.54) is 0 Å². The topological polar surface area (TPSA) is 58.3 Å². The summed E-state index contributed by atoms with van der Waals surface area (Å²) in [6.45, 7) is 6.47. The van der Waals surface area contributed by atoms with E-state index in [0.29, 0.717) is 16.6 Å². The SMILES string of the molecule is Cc1c(C(O)CO)c(C(C)C)c(Sc2cc(Cl)cc(Cl)c2)n1Cc1ccncc1. The molecule has 0 aliphatic rings. The summed E-state index contributed by atoms with van der Waals surface area (Å²) in [5.41, 5.74) is 3.85. The number of nitrogens with zero attached hydrogens (tertiary/aromatic N) is 2. The van der Waals surface area contributed by atoms with Gasteiger partial charge in [0.05, 0.1) is 11.6 Å². The van der Waals surface area contributed by atoms with E-state index in [1.54, 1.807) is 30.2 Å². The molecule has 7 heteroatoms. The van der Waals surface area contributed by atoms with Crippen LogP contribution in [0.25, 0.3) is 0 Å². The van der Waals surface area contributed by atoms with Gasteiger partial charge in [0.1, 0.15) is 6.10 Å². The predicted octanol–water partition coefficient (Wildman–Crippen LogP) is 5.85. The number of aliphatic hydroxyl groups excluding tert-OH is 2. The number of halogens is 2. The Balaban J connectivity index is 2.19. The molecule has 0 aliphatic heterocycles. The fourth-order valence-corrected chi connectivity index (χ4v) is 5.51. The van der Waals surface area contributed by atoms with Crippen molar-refractivity contribution < 1.29 is 10.2 Å². The lowest BCUT2D eigenvalue weighted by Crippen LogP contribution is -2.08. The third kappa shape index (κ3) is 4.98. The van der Waals surface area contributed by atoms with Crippen molar-refractivity contribution in [2.45, 2.75) is 49.3 Å². The quantitative estimate of drug-likeness (QED) is 0.473. The van der Waals surface area contributed by atoms with E-state index in [0.717, 1.165) is 32.3 Å². The highest BCUT2D eigenvalue weighted by Crippen LogP contribution is 2.43. The van der Waals surface area contributed by atoms with Crippen LogP contribution in [0.2, 0.25) is 10.0 Å². The minimum absolute atomic E-state index is 0.153. The zero-order valence-electron chi connectivity index (χ0n) is 16.6. The zero-order valence-corrected chi connectivity index (χ0v) is 18.9. The van der Waals surface area contributed by atoms with Gasteiger partial charge in [-0.15, -0.1) is 0 Å². The largest absolute Gasteiger partial charge is 0.393 e. The Kier molecular flexibility index (Phi) is 7.30. The van der Waals surface area contributed by atoms with Gasteiger partial charge < -0.3 is 14.8 Å². The molecule has 0 spiro atoms. The number of pyridine rings is 1. The molecule has 0 fully saturated rings. The van der Waals surface area contributed by atoms with E-state index < -0.39 is 6.10 Å². The molecule has 1 atom stereocenters. The van der Waals surface area contributed by atoms with Crippen LogP contribution in [0.5, 0.6) is 0 Å². The summed E-state index contributed by atoms with van der Waals surface area (Å²) in [6, 6.07) is 9.41. The molecular formula is C22H24Cl2N2O2S. The summed E-state index contributed by atoms with van der Waals surface area (Å²) >= 11 is 14.0. The van der Waals surface area contributed by atoms with Crippen LogP contribution in [0.3, 0.4) is 0 Å². The molecule has 3 aromatic rings. The average Bonchev–Trinajstić information content (AvgIpc) is 2.93. The molecule has 0 aliphatic carbocycles. The van der Waals surface area contributed by atoms with Crippen LogP contribution < -0.4 is 0 Å². The van der Waals surface area contributed by atoms with Crippen molar-refractivity contribution in [2.24, 2.45) is 0 Å². The van der Waals surface area contributed by atoms with Gasteiger partial charge in [-0.2, -0.15) is 0 Å². The molecule has 29 heavy (non-hydrogen) atoms. The molecule has 1 unspecified atom stereocenters. The second-order valence-electron chi connectivity index (χ2n) is 7.22. The van der Waals surface area contributed by atoms with Crippen LogP contribution in [0.1, 0.15) is 48.3 Å². The normalized spacial score (nSPS) is 12.6. The minimum Gasteiger partial charge on any atom is -0.393 e. The number of aliphatic hydroxyl groups is 2. The lowest BCUT2D eigenvalue weighted by molar-refractivity contribution is 0.0941. The van der Waals surface area contributed by atoms with E-state index in [4.69, 9.17) is 23.2 Å². The second-order valence-corrected chi connectivity index (χ2v) is 9.15. The molecule has 0 amide bonds. The molecule has 2 N–H and O–H groups in total. The molecule has 4 nitrogen and oxygen atoms in total. The van der Waals surface area contributed by atoms with Gasteiger partial charge in [-0.3, -0.25) is 4.98 Å². The van der Waals surface area contributed by atoms with Gasteiger partial charge in [0.15, 0.2) is 0 Å². The van der Waals surface area contributed by atoms with Gasteiger partial charge in [0, 0.05) is 45.1 Å². The average molecular weight is 451 g/mol. The van der Waals surface area contributed by atoms with Gasteiger partial charge in [0.25, 0.3) is 0 Å². The summed E-state index contributed by atoms with van der Waals surface area (Å²) < 4.78 is 2.18. The molecule has 0 saturated carbocycles. The molecule has 154 valence electrons. The minimum atomic E-state index is -0.937. The van der Waals surface area contributed by atoms with Crippen molar-refractivity contribution in [2.75, 3.05) is 6.61 Å². The summed E-state index contributed by atoms with van der Waals surface area (Å²) in [6.07, 6.45) is 2.60. The lowest BCUT2D eigenvalue weighted by Gasteiger charge is -2.15. The first-order chi connectivity index (χ1) is 13.8. The third-order valence-corrected chi connectivity index (χ3v) is 6.33. The Bertz CT molecular complexity index is 970. The van der Waals surface area contributed by atoms with Crippen LogP contribution >= 0.6 is 35.0 Å². The summed E-state index contributed by atoms with van der Waals surface area (Å²) in [5.74, 6) is 0.153. The molecule has 3 rings (SSSR count). The number of rotatable bonds is 7. The van der Waals surface area contributed by atoms with E-state index in [1.807, 2.05) is 31.2 Å². The highest BCUT2D eigenvalue weighted by atomic mass is 35.5. The van der Waals surface area contributed by atoms with Crippen molar-refractivity contribution in [3.63, 3.8) is 0 Å². The Hall–Kier alpha value is -1.50. The van der Waals surface area contributed by atoms with Crippen molar-refractivity contribution in [1.82, 2.24) is 9.55 Å². The van der Waals surface area contributed by atoms with E-state index in [-0.39, 0.29) is 12.5 Å². The predicted molar refractivity (Wildman–Crippen MR) is 119 cm³/mol. The molecule has 1 aromatic carbocycles. The second kappa shape index (κ2) is 9.54. The molecule has 2 aromatic heterocycles. The van der Waals surface area contributed by atoms with Crippen LogP contribution in [0, 0.1) is 6.92 Å². The number of benzene rings is 1. The third-order valence-electron chi connectivity index (χ3n) is 4.78. The summed E-state index contributed by atoms with van der Waals surface area (Å²) in [7, 11) is 0. The van der Waals surface area contributed by atoms with E-state index in [9.17, 15) is 10.2 Å². The first-order valence-corrected chi connectivity index (χ1v) is 10.9. The Labute approximate surface area is 185 Å². The van der Waals surface area contributed by atoms with Crippen LogP contribution in [0.4, 0.5) is 0 Å². The van der Waals surface area contributed by atoms with Crippen LogP contribution in [0.15, 0.2) is 52.6 Å². The van der Waals surface area contributed by atoms with Gasteiger partial charge in [-0.05, 0) is 54.3 Å². The standard InChI is InChI=1S/C22H24Cl2N2O2S/c1-13(2)20-21(19(28)12-27)14(3)26(11-15-4-6-25-7-5-15)22(20)29-18-9-16(23)8-17(24)10-18/h4-10,13,19,27-28H,11-12H2,1-3H3. The number of aromatic nitrogens is 2. The van der Waals surface area contributed by atoms with Gasteiger partial charge in [-0.25, -0.2) is 0 Å². The first-order valence-electron chi connectivity index (χ1n) is 9.36. The van der Waals surface area contributed by atoms with Crippen molar-refractivity contribution in [3.05, 3.63) is 75.2 Å². The van der Waals surface area contributed by atoms with Crippen molar-refractivity contribution >= 4 is 35.0 Å². The Morgan fingerprint density at radius 3 is 2.24 bits per heavy atom. The fourth-order valence-electron chi connectivity index (χ4n) is 3.49. The molecule has 0 radical (unpaired) electrons. The summed E-state index contributed by atoms with van der Waals surface area (Å²) in [5, 5.41) is 22.4. The highest BCUT2D eigenvalue weighted by Gasteiger charge is 2.27. The van der Waals surface area contributed by atoms with E-state index >= 15 is 0 Å². The van der Waals surface area contributed by atoms with Gasteiger partial charge in [-0.1, -0.05) is 48.8 Å². The number of hydrogen-bond acceptors (Lipinski definition) is 4. The first kappa shape index (κ1) is 22.2. The van der Waals surface area contributed by atoms with Crippen LogP contribution in [-0.4, -0.2) is 26.4 Å². The van der Waals surface area contributed by atoms with Gasteiger partial charge in [0.2, 0.25) is 0 Å². The van der Waals surface area contributed by atoms with Crippen LogP contribution in [-0.2, 0) is 6.54 Å². The maximum absolute atomic E-state index is 10.6. The maximum atomic E-state index is 10.6. The van der Waals surface area contributed by atoms with Crippen molar-refractivity contribution in [3.8, 4) is 0 Å². The highest BCUT2D eigenvalue weighted by molar-refractivity contribution is 7.99. The Morgan fingerprint density at radius 1 is 1.07 bits per heavy atom. The molecule has 2 heterocycles. The maximum Gasteiger partial charge on any atom is 0.104 e. The molecule has 0 saturated heterocycles. The monoisotopic (exact) mass is 450 g/mol. The molecule has 0 bridgehead atoms. The Morgan fingerprint density at radius 2 is 1.69 bits per heavy atom. The smallest absolute Gasteiger partial charge is 0.104 e. The van der Waals surface area contributed by atoms with E-state index in [2.05, 4.69) is 23.4 Å². The number of hydrogen-bond donors (Lipinski definition) is 2. The van der Waals surface area contributed by atoms with Gasteiger partial charge >= 0.3 is 0 Å².